The van der Waals surface area contributed by atoms with Crippen LogP contribution < -0.4 is 0 Å². The van der Waals surface area contributed by atoms with E-state index in [0.717, 1.165) is 13.0 Å². The standard InChI is InChI=1S/C19H37NO/c1-5-6-7-8-9-10-11-12-13-14-15-16-17-20(4)19(21)18(2)3/h2,5-17H2,1,3-4H3. The molecule has 2 nitrogen and oxygen atoms in total. The Labute approximate surface area is 133 Å². The van der Waals surface area contributed by atoms with Crippen LogP contribution >= 0.6 is 0 Å². The molecule has 0 bridgehead atoms. The lowest BCUT2D eigenvalue weighted by atomic mass is 10.1. The molecule has 0 heterocycles. The van der Waals surface area contributed by atoms with Gasteiger partial charge in [0, 0.05) is 19.2 Å². The maximum atomic E-state index is 11.6. The van der Waals surface area contributed by atoms with Gasteiger partial charge in [-0.05, 0) is 13.3 Å². The summed E-state index contributed by atoms with van der Waals surface area (Å²) in [4.78, 5) is 13.4. The molecular weight excluding hydrogens is 258 g/mol. The van der Waals surface area contributed by atoms with E-state index in [2.05, 4.69) is 13.5 Å². The van der Waals surface area contributed by atoms with Crippen LogP contribution in [0, 0.1) is 0 Å². The average molecular weight is 296 g/mol. The summed E-state index contributed by atoms with van der Waals surface area (Å²) >= 11 is 0. The molecule has 0 aromatic carbocycles. The number of carbonyl (C=O) groups is 1. The Morgan fingerprint density at radius 3 is 1.57 bits per heavy atom. The van der Waals surface area contributed by atoms with Crippen LogP contribution in [0.3, 0.4) is 0 Å². The van der Waals surface area contributed by atoms with E-state index in [-0.39, 0.29) is 5.91 Å². The van der Waals surface area contributed by atoms with Gasteiger partial charge in [-0.15, -0.1) is 0 Å². The zero-order valence-electron chi connectivity index (χ0n) is 14.8. The summed E-state index contributed by atoms with van der Waals surface area (Å²) in [6.45, 7) is 8.61. The minimum atomic E-state index is 0.0815. The number of rotatable bonds is 14. The second kappa shape index (κ2) is 14.2. The molecule has 21 heavy (non-hydrogen) atoms. The van der Waals surface area contributed by atoms with Crippen molar-refractivity contribution in [2.24, 2.45) is 0 Å². The van der Waals surface area contributed by atoms with Gasteiger partial charge in [-0.2, -0.15) is 0 Å². The minimum Gasteiger partial charge on any atom is -0.342 e. The predicted molar refractivity (Wildman–Crippen MR) is 93.5 cm³/mol. The van der Waals surface area contributed by atoms with E-state index >= 15 is 0 Å². The maximum Gasteiger partial charge on any atom is 0.248 e. The molecule has 0 rings (SSSR count). The highest BCUT2D eigenvalue weighted by atomic mass is 16.2. The topological polar surface area (TPSA) is 20.3 Å². The van der Waals surface area contributed by atoms with E-state index in [4.69, 9.17) is 0 Å². The second-order valence-electron chi connectivity index (χ2n) is 6.40. The molecule has 0 saturated carbocycles. The van der Waals surface area contributed by atoms with Gasteiger partial charge in [0.15, 0.2) is 0 Å². The highest BCUT2D eigenvalue weighted by Crippen LogP contribution is 2.12. The third-order valence-electron chi connectivity index (χ3n) is 4.06. The van der Waals surface area contributed by atoms with Crippen LogP contribution in [0.15, 0.2) is 12.2 Å². The average Bonchev–Trinajstić information content (AvgIpc) is 2.47. The van der Waals surface area contributed by atoms with Gasteiger partial charge in [-0.25, -0.2) is 0 Å². The molecule has 0 fully saturated rings. The minimum absolute atomic E-state index is 0.0815. The third kappa shape index (κ3) is 12.6. The van der Waals surface area contributed by atoms with Crippen molar-refractivity contribution < 1.29 is 4.79 Å². The number of amides is 1. The molecule has 1 amide bonds. The second-order valence-corrected chi connectivity index (χ2v) is 6.40. The van der Waals surface area contributed by atoms with Gasteiger partial charge in [0.2, 0.25) is 5.91 Å². The molecule has 0 aliphatic carbocycles. The molecule has 0 spiro atoms. The summed E-state index contributed by atoms with van der Waals surface area (Å²) in [6, 6.07) is 0. The smallest absolute Gasteiger partial charge is 0.248 e. The fourth-order valence-corrected chi connectivity index (χ4v) is 2.62. The van der Waals surface area contributed by atoms with E-state index in [0.29, 0.717) is 5.57 Å². The lowest BCUT2D eigenvalue weighted by Crippen LogP contribution is -2.27. The lowest BCUT2D eigenvalue weighted by molar-refractivity contribution is -0.125. The monoisotopic (exact) mass is 295 g/mol. The third-order valence-corrected chi connectivity index (χ3v) is 4.06. The summed E-state index contributed by atoms with van der Waals surface area (Å²) in [5, 5.41) is 0. The van der Waals surface area contributed by atoms with Crippen molar-refractivity contribution in [3.05, 3.63) is 12.2 Å². The number of unbranched alkanes of at least 4 members (excludes halogenated alkanes) is 11. The van der Waals surface area contributed by atoms with Crippen LogP contribution in [0.2, 0.25) is 0 Å². The molecule has 0 saturated heterocycles. The number of hydrogen-bond donors (Lipinski definition) is 0. The van der Waals surface area contributed by atoms with Crippen molar-refractivity contribution in [1.82, 2.24) is 4.90 Å². The fourth-order valence-electron chi connectivity index (χ4n) is 2.62. The molecule has 0 N–H and O–H groups in total. The molecule has 0 aromatic heterocycles. The van der Waals surface area contributed by atoms with E-state index in [9.17, 15) is 4.79 Å². The van der Waals surface area contributed by atoms with Gasteiger partial charge in [0.1, 0.15) is 0 Å². The van der Waals surface area contributed by atoms with Gasteiger partial charge in [0.25, 0.3) is 0 Å². The first-order valence-corrected chi connectivity index (χ1v) is 9.00. The Bertz CT molecular complexity index is 273. The first kappa shape index (κ1) is 20.2. The van der Waals surface area contributed by atoms with Crippen molar-refractivity contribution in [1.29, 1.82) is 0 Å². The molecule has 0 unspecified atom stereocenters. The van der Waals surface area contributed by atoms with Crippen molar-refractivity contribution in [3.63, 3.8) is 0 Å². The van der Waals surface area contributed by atoms with Crippen LogP contribution in [-0.2, 0) is 4.79 Å². The first-order valence-electron chi connectivity index (χ1n) is 9.00. The summed E-state index contributed by atoms with van der Waals surface area (Å²) in [7, 11) is 1.87. The van der Waals surface area contributed by atoms with E-state index in [1.54, 1.807) is 11.8 Å². The van der Waals surface area contributed by atoms with Crippen LogP contribution in [-0.4, -0.2) is 24.4 Å². The van der Waals surface area contributed by atoms with Crippen LogP contribution in [0.25, 0.3) is 0 Å². The molecule has 0 aromatic rings. The van der Waals surface area contributed by atoms with E-state index in [1.807, 2.05) is 7.05 Å². The highest BCUT2D eigenvalue weighted by molar-refractivity contribution is 5.91. The van der Waals surface area contributed by atoms with Gasteiger partial charge in [0.05, 0.1) is 0 Å². The molecule has 0 aliphatic heterocycles. The zero-order valence-corrected chi connectivity index (χ0v) is 14.8. The summed E-state index contributed by atoms with van der Waals surface area (Å²) in [5.74, 6) is 0.0815. The van der Waals surface area contributed by atoms with Gasteiger partial charge in [-0.1, -0.05) is 84.1 Å². The van der Waals surface area contributed by atoms with Crippen LogP contribution in [0.4, 0.5) is 0 Å². The summed E-state index contributed by atoms with van der Waals surface area (Å²) in [5.41, 5.74) is 0.636. The number of nitrogens with zero attached hydrogens (tertiary/aromatic N) is 1. The largest absolute Gasteiger partial charge is 0.342 e. The Balaban J connectivity index is 3.22. The van der Waals surface area contributed by atoms with Gasteiger partial charge >= 0.3 is 0 Å². The van der Waals surface area contributed by atoms with Crippen molar-refractivity contribution in [2.75, 3.05) is 13.6 Å². The molecule has 2 heteroatoms. The van der Waals surface area contributed by atoms with Gasteiger partial charge in [-0.3, -0.25) is 4.79 Å². The Morgan fingerprint density at radius 2 is 1.19 bits per heavy atom. The summed E-state index contributed by atoms with van der Waals surface area (Å²) < 4.78 is 0. The van der Waals surface area contributed by atoms with E-state index < -0.39 is 0 Å². The van der Waals surface area contributed by atoms with Crippen LogP contribution in [0.1, 0.15) is 90.9 Å². The maximum absolute atomic E-state index is 11.6. The SMILES string of the molecule is C=C(C)C(=O)N(C)CCCCCCCCCCCCCC. The number of likely N-dealkylation sites (N-methyl/N-ethyl adjacent to an activating group) is 1. The number of hydrogen-bond acceptors (Lipinski definition) is 1. The Hall–Kier alpha value is -0.790. The quantitative estimate of drug-likeness (QED) is 0.296. The fraction of sp³-hybridized carbons (Fsp3) is 0.842. The zero-order chi connectivity index (χ0) is 15.9. The molecule has 0 aliphatic rings. The van der Waals surface area contributed by atoms with E-state index in [1.165, 1.54) is 70.6 Å². The molecule has 0 atom stereocenters. The predicted octanol–water partition coefficient (Wildman–Crippen LogP) is 5.72. The summed E-state index contributed by atoms with van der Waals surface area (Å²) in [6.07, 6.45) is 16.2. The van der Waals surface area contributed by atoms with Crippen molar-refractivity contribution >= 4 is 5.91 Å². The van der Waals surface area contributed by atoms with Crippen molar-refractivity contribution in [2.45, 2.75) is 90.9 Å². The highest BCUT2D eigenvalue weighted by Gasteiger charge is 2.07. The normalized spacial score (nSPS) is 10.6. The molecule has 0 radical (unpaired) electrons. The lowest BCUT2D eigenvalue weighted by Gasteiger charge is -2.16. The Kier molecular flexibility index (Phi) is 13.6. The Morgan fingerprint density at radius 1 is 0.810 bits per heavy atom. The van der Waals surface area contributed by atoms with Crippen LogP contribution in [0.5, 0.6) is 0 Å². The van der Waals surface area contributed by atoms with Crippen molar-refractivity contribution in [3.8, 4) is 0 Å². The van der Waals surface area contributed by atoms with Gasteiger partial charge < -0.3 is 4.90 Å². The molecule has 124 valence electrons. The first-order chi connectivity index (χ1) is 10.1. The molecular formula is C19H37NO. The number of carbonyl (C=O) groups excluding carboxylic acids is 1.